The molecule has 0 amide bonds. The van der Waals surface area contributed by atoms with Crippen LogP contribution in [0.25, 0.3) is 0 Å². The van der Waals surface area contributed by atoms with Gasteiger partial charge in [0.25, 0.3) is 0 Å². The molecule has 0 N–H and O–H groups in total. The van der Waals surface area contributed by atoms with Gasteiger partial charge in [0.2, 0.25) is 0 Å². The molecule has 0 radical (unpaired) electrons. The average molecular weight is 526 g/mol. The van der Waals surface area contributed by atoms with Crippen molar-refractivity contribution in [3.63, 3.8) is 0 Å². The first-order valence-corrected chi connectivity index (χ1v) is 13.9. The third-order valence-electron chi connectivity index (χ3n) is 7.12. The lowest BCUT2D eigenvalue weighted by Gasteiger charge is -2.31. The molecule has 0 saturated heterocycles. The fourth-order valence-corrected chi connectivity index (χ4v) is 5.23. The van der Waals surface area contributed by atoms with Crippen molar-refractivity contribution in [2.45, 2.75) is 76.9 Å². The number of carbonyl (C=O) groups excluding carboxylic acids is 2. The minimum Gasteiger partial charge on any atom is -0.464 e. The zero-order valence-electron chi connectivity index (χ0n) is 23.5. The number of benzene rings is 3. The van der Waals surface area contributed by atoms with Crippen LogP contribution in [0.3, 0.4) is 0 Å². The fourth-order valence-electron chi connectivity index (χ4n) is 5.23. The molecule has 1 aliphatic carbocycles. The second-order valence-corrected chi connectivity index (χ2v) is 11.2. The second kappa shape index (κ2) is 12.4. The monoisotopic (exact) mass is 525 g/mol. The molecular weight excluding hydrogens is 486 g/mol. The van der Waals surface area contributed by atoms with Gasteiger partial charge in [0, 0.05) is 17.5 Å². The summed E-state index contributed by atoms with van der Waals surface area (Å²) in [5.41, 5.74) is 3.41. The number of hydrogen-bond donors (Lipinski definition) is 0. The van der Waals surface area contributed by atoms with E-state index >= 15 is 0 Å². The number of esters is 2. The molecule has 0 spiro atoms. The maximum absolute atomic E-state index is 13.3. The second-order valence-electron chi connectivity index (χ2n) is 11.2. The van der Waals surface area contributed by atoms with Crippen molar-refractivity contribution in [3.8, 4) is 0 Å². The Morgan fingerprint density at radius 1 is 0.846 bits per heavy atom. The van der Waals surface area contributed by atoms with Crippen LogP contribution in [0, 0.1) is 0 Å². The smallest absolute Gasteiger partial charge is 0.331 e. The van der Waals surface area contributed by atoms with Crippen LogP contribution in [0.1, 0.15) is 75.6 Å². The van der Waals surface area contributed by atoms with E-state index in [1.165, 1.54) is 0 Å². The SMILES string of the molecule is CCOC(=O)C(Cc1ccc(C2(C(=O)OC(C)(C)C)CCCC2)cc1)N=C(c1ccccc1)c1ccccc1. The molecule has 1 saturated carbocycles. The lowest BCUT2D eigenvalue weighted by atomic mass is 9.78. The fraction of sp³-hybridized carbons (Fsp3) is 0.382. The summed E-state index contributed by atoms with van der Waals surface area (Å²) in [4.78, 5) is 31.4. The molecule has 0 aromatic heterocycles. The maximum Gasteiger partial charge on any atom is 0.331 e. The Balaban J connectivity index is 1.65. The summed E-state index contributed by atoms with van der Waals surface area (Å²) in [6.45, 7) is 7.82. The largest absolute Gasteiger partial charge is 0.464 e. The molecule has 0 heterocycles. The molecule has 0 aliphatic heterocycles. The maximum atomic E-state index is 13.3. The van der Waals surface area contributed by atoms with Gasteiger partial charge in [-0.3, -0.25) is 9.79 Å². The Morgan fingerprint density at radius 2 is 1.38 bits per heavy atom. The lowest BCUT2D eigenvalue weighted by Crippen LogP contribution is -2.39. The van der Waals surface area contributed by atoms with E-state index in [-0.39, 0.29) is 18.5 Å². The lowest BCUT2D eigenvalue weighted by molar-refractivity contribution is -0.162. The minimum atomic E-state index is -0.711. The highest BCUT2D eigenvalue weighted by molar-refractivity contribution is 6.13. The molecule has 0 bridgehead atoms. The third-order valence-corrected chi connectivity index (χ3v) is 7.12. The summed E-state index contributed by atoms with van der Waals surface area (Å²) in [7, 11) is 0. The third kappa shape index (κ3) is 7.03. The molecule has 1 aliphatic rings. The van der Waals surface area contributed by atoms with Crippen LogP contribution >= 0.6 is 0 Å². The summed E-state index contributed by atoms with van der Waals surface area (Å²) in [6.07, 6.45) is 3.97. The molecule has 4 rings (SSSR count). The normalized spacial score (nSPS) is 15.3. The van der Waals surface area contributed by atoms with E-state index in [9.17, 15) is 9.59 Å². The van der Waals surface area contributed by atoms with Gasteiger partial charge in [0.05, 0.1) is 17.7 Å². The molecule has 5 heteroatoms. The standard InChI is InChI=1S/C34H39NO4/c1-5-38-31(36)29(35-30(26-14-8-6-9-15-26)27-16-10-7-11-17-27)24-25-18-20-28(21-19-25)34(22-12-13-23-34)32(37)39-33(2,3)4/h6-11,14-21,29H,5,12-13,22-24H2,1-4H3. The van der Waals surface area contributed by atoms with Crippen molar-refractivity contribution in [2.75, 3.05) is 6.61 Å². The first-order chi connectivity index (χ1) is 18.7. The molecule has 3 aromatic carbocycles. The summed E-state index contributed by atoms with van der Waals surface area (Å²) in [5.74, 6) is -0.503. The number of hydrogen-bond acceptors (Lipinski definition) is 5. The number of aliphatic imine (C=N–C) groups is 1. The topological polar surface area (TPSA) is 65.0 Å². The van der Waals surface area contributed by atoms with Crippen LogP contribution in [0.15, 0.2) is 89.9 Å². The van der Waals surface area contributed by atoms with Crippen molar-refractivity contribution in [3.05, 3.63) is 107 Å². The van der Waals surface area contributed by atoms with Crippen LogP contribution in [0.5, 0.6) is 0 Å². The van der Waals surface area contributed by atoms with Gasteiger partial charge in [-0.2, -0.15) is 0 Å². The predicted octanol–water partition coefficient (Wildman–Crippen LogP) is 6.85. The quantitative estimate of drug-likeness (QED) is 0.226. The molecule has 39 heavy (non-hydrogen) atoms. The molecule has 1 unspecified atom stereocenters. The van der Waals surface area contributed by atoms with Crippen LogP contribution < -0.4 is 0 Å². The van der Waals surface area contributed by atoms with E-state index in [1.807, 2.05) is 106 Å². The van der Waals surface area contributed by atoms with E-state index in [2.05, 4.69) is 0 Å². The van der Waals surface area contributed by atoms with Crippen molar-refractivity contribution in [2.24, 2.45) is 4.99 Å². The summed E-state index contributed by atoms with van der Waals surface area (Å²) in [5, 5.41) is 0. The van der Waals surface area contributed by atoms with Gasteiger partial charge in [-0.1, -0.05) is 97.8 Å². The number of ether oxygens (including phenoxy) is 2. The Bertz CT molecular complexity index is 1230. The van der Waals surface area contributed by atoms with E-state index in [0.29, 0.717) is 6.42 Å². The van der Waals surface area contributed by atoms with Gasteiger partial charge in [0.1, 0.15) is 5.60 Å². The van der Waals surface area contributed by atoms with E-state index in [1.54, 1.807) is 6.92 Å². The number of nitrogens with zero attached hydrogens (tertiary/aromatic N) is 1. The summed E-state index contributed by atoms with van der Waals surface area (Å²) in [6, 6.07) is 27.1. The average Bonchev–Trinajstić information content (AvgIpc) is 3.43. The first-order valence-electron chi connectivity index (χ1n) is 13.9. The Hall–Kier alpha value is -3.73. The van der Waals surface area contributed by atoms with Crippen LogP contribution in [0.2, 0.25) is 0 Å². The number of carbonyl (C=O) groups is 2. The van der Waals surface area contributed by atoms with Crippen LogP contribution in [0.4, 0.5) is 0 Å². The minimum absolute atomic E-state index is 0.149. The highest BCUT2D eigenvalue weighted by Gasteiger charge is 2.45. The molecule has 1 atom stereocenters. The van der Waals surface area contributed by atoms with Gasteiger partial charge < -0.3 is 9.47 Å². The highest BCUT2D eigenvalue weighted by atomic mass is 16.6. The van der Waals surface area contributed by atoms with Crippen LogP contribution in [-0.2, 0) is 30.9 Å². The summed E-state index contributed by atoms with van der Waals surface area (Å²) >= 11 is 0. The summed E-state index contributed by atoms with van der Waals surface area (Å²) < 4.78 is 11.3. The molecule has 1 fully saturated rings. The van der Waals surface area contributed by atoms with Crippen molar-refractivity contribution in [1.29, 1.82) is 0 Å². The molecular formula is C34H39NO4. The van der Waals surface area contributed by atoms with Crippen molar-refractivity contribution in [1.82, 2.24) is 0 Å². The van der Waals surface area contributed by atoms with Crippen molar-refractivity contribution < 1.29 is 19.1 Å². The van der Waals surface area contributed by atoms with E-state index in [4.69, 9.17) is 14.5 Å². The Kier molecular flexibility index (Phi) is 9.01. The Labute approximate surface area is 232 Å². The highest BCUT2D eigenvalue weighted by Crippen LogP contribution is 2.43. The van der Waals surface area contributed by atoms with Gasteiger partial charge in [-0.25, -0.2) is 4.79 Å². The zero-order chi connectivity index (χ0) is 27.9. The molecule has 204 valence electrons. The van der Waals surface area contributed by atoms with Crippen molar-refractivity contribution >= 4 is 17.7 Å². The van der Waals surface area contributed by atoms with E-state index in [0.717, 1.165) is 53.6 Å². The number of rotatable bonds is 9. The van der Waals surface area contributed by atoms with Gasteiger partial charge in [0.15, 0.2) is 6.04 Å². The first kappa shape index (κ1) is 28.3. The van der Waals surface area contributed by atoms with Gasteiger partial charge in [-0.05, 0) is 51.7 Å². The molecule has 5 nitrogen and oxygen atoms in total. The predicted molar refractivity (Wildman–Crippen MR) is 155 cm³/mol. The van der Waals surface area contributed by atoms with Crippen LogP contribution in [-0.4, -0.2) is 35.9 Å². The Morgan fingerprint density at radius 3 is 1.87 bits per heavy atom. The van der Waals surface area contributed by atoms with Gasteiger partial charge in [-0.15, -0.1) is 0 Å². The van der Waals surface area contributed by atoms with E-state index < -0.39 is 17.1 Å². The van der Waals surface area contributed by atoms with Gasteiger partial charge >= 0.3 is 11.9 Å². The zero-order valence-corrected chi connectivity index (χ0v) is 23.5. The molecule has 3 aromatic rings.